The largest absolute Gasteiger partial charge is 0.488 e. The van der Waals surface area contributed by atoms with Gasteiger partial charge in [0.25, 0.3) is 11.8 Å². The summed E-state index contributed by atoms with van der Waals surface area (Å²) in [5.41, 5.74) is 2.47. The average Bonchev–Trinajstić information content (AvgIpc) is 3.33. The van der Waals surface area contributed by atoms with Gasteiger partial charge >= 0.3 is 0 Å². The Kier molecular flexibility index (Phi) is 6.09. The van der Waals surface area contributed by atoms with E-state index in [-0.39, 0.29) is 11.8 Å². The number of para-hydroxylation sites is 2. The highest BCUT2D eigenvalue weighted by Crippen LogP contribution is 2.24. The zero-order chi connectivity index (χ0) is 20.8. The molecule has 1 N–H and O–H groups in total. The Labute approximate surface area is 176 Å². The molecule has 3 aromatic rings. The van der Waals surface area contributed by atoms with Crippen molar-refractivity contribution in [2.75, 3.05) is 18.4 Å². The summed E-state index contributed by atoms with van der Waals surface area (Å²) in [6.07, 6.45) is 2.04. The molecule has 0 atom stereocenters. The first-order valence-corrected chi connectivity index (χ1v) is 10.2. The molecule has 1 saturated heterocycles. The van der Waals surface area contributed by atoms with E-state index in [1.807, 2.05) is 53.4 Å². The zero-order valence-corrected chi connectivity index (χ0v) is 16.7. The first kappa shape index (κ1) is 19.7. The van der Waals surface area contributed by atoms with Gasteiger partial charge in [0, 0.05) is 13.1 Å². The van der Waals surface area contributed by atoms with Crippen LogP contribution in [-0.2, 0) is 6.61 Å². The Morgan fingerprint density at radius 3 is 2.20 bits per heavy atom. The fraction of sp³-hybridized carbons (Fsp3) is 0.200. The molecule has 0 aliphatic carbocycles. The van der Waals surface area contributed by atoms with Crippen molar-refractivity contribution in [3.63, 3.8) is 0 Å². The Hall–Kier alpha value is -3.60. The molecule has 1 heterocycles. The number of hydrogen-bond donors (Lipinski definition) is 1. The Balaban J connectivity index is 1.52. The summed E-state index contributed by atoms with van der Waals surface area (Å²) in [5, 5.41) is 2.90. The van der Waals surface area contributed by atoms with Crippen LogP contribution < -0.4 is 10.1 Å². The van der Waals surface area contributed by atoms with Gasteiger partial charge in [-0.1, -0.05) is 54.6 Å². The molecule has 1 aliphatic heterocycles. The molecule has 1 aliphatic rings. The lowest BCUT2D eigenvalue weighted by atomic mass is 10.1. The van der Waals surface area contributed by atoms with Crippen molar-refractivity contribution in [1.82, 2.24) is 4.90 Å². The fourth-order valence-corrected chi connectivity index (χ4v) is 3.57. The first-order valence-electron chi connectivity index (χ1n) is 10.2. The van der Waals surface area contributed by atoms with Crippen LogP contribution in [0.1, 0.15) is 39.1 Å². The monoisotopic (exact) mass is 400 g/mol. The second-order valence-corrected chi connectivity index (χ2v) is 7.27. The lowest BCUT2D eigenvalue weighted by Crippen LogP contribution is -2.28. The van der Waals surface area contributed by atoms with Gasteiger partial charge in [-0.15, -0.1) is 0 Å². The van der Waals surface area contributed by atoms with Gasteiger partial charge in [0.05, 0.1) is 16.8 Å². The lowest BCUT2D eigenvalue weighted by molar-refractivity contribution is 0.0794. The fourth-order valence-electron chi connectivity index (χ4n) is 3.57. The highest BCUT2D eigenvalue weighted by molar-refractivity contribution is 6.10. The quantitative estimate of drug-likeness (QED) is 0.649. The predicted octanol–water partition coefficient (Wildman–Crippen LogP) is 4.75. The van der Waals surface area contributed by atoms with E-state index in [9.17, 15) is 9.59 Å². The van der Waals surface area contributed by atoms with Crippen LogP contribution in [0.25, 0.3) is 0 Å². The minimum atomic E-state index is -0.305. The molecule has 0 spiro atoms. The molecule has 0 saturated carbocycles. The van der Waals surface area contributed by atoms with E-state index < -0.39 is 0 Å². The molecule has 5 heteroatoms. The van der Waals surface area contributed by atoms with Crippen LogP contribution in [0.15, 0.2) is 78.9 Å². The van der Waals surface area contributed by atoms with Crippen molar-refractivity contribution in [3.8, 4) is 5.75 Å². The maximum atomic E-state index is 13.0. The van der Waals surface area contributed by atoms with E-state index in [1.165, 1.54) is 0 Å². The summed E-state index contributed by atoms with van der Waals surface area (Å²) in [5.74, 6) is 0.152. The predicted molar refractivity (Wildman–Crippen MR) is 117 cm³/mol. The van der Waals surface area contributed by atoms with E-state index in [4.69, 9.17) is 4.74 Å². The third-order valence-corrected chi connectivity index (χ3v) is 5.17. The molecular weight excluding hydrogens is 376 g/mol. The van der Waals surface area contributed by atoms with E-state index in [2.05, 4.69) is 5.32 Å². The molecule has 4 rings (SSSR count). The van der Waals surface area contributed by atoms with Gasteiger partial charge < -0.3 is 15.0 Å². The van der Waals surface area contributed by atoms with E-state index in [0.717, 1.165) is 31.5 Å². The molecule has 0 bridgehead atoms. The number of nitrogens with one attached hydrogen (secondary N) is 1. The van der Waals surface area contributed by atoms with Crippen molar-refractivity contribution in [3.05, 3.63) is 95.6 Å². The smallest absolute Gasteiger partial charge is 0.259 e. The number of likely N-dealkylation sites (tertiary alicyclic amines) is 1. The van der Waals surface area contributed by atoms with Gasteiger partial charge in [-0.3, -0.25) is 9.59 Å². The van der Waals surface area contributed by atoms with Gasteiger partial charge in [0.15, 0.2) is 0 Å². The number of carbonyl (C=O) groups excluding carboxylic acids is 2. The molecule has 0 aromatic heterocycles. The summed E-state index contributed by atoms with van der Waals surface area (Å²) >= 11 is 0. The minimum Gasteiger partial charge on any atom is -0.488 e. The van der Waals surface area contributed by atoms with Gasteiger partial charge in [-0.05, 0) is 42.7 Å². The Bertz CT molecular complexity index is 1030. The van der Waals surface area contributed by atoms with Crippen LogP contribution in [0.4, 0.5) is 5.69 Å². The summed E-state index contributed by atoms with van der Waals surface area (Å²) in [7, 11) is 0. The van der Waals surface area contributed by atoms with Gasteiger partial charge in [-0.2, -0.15) is 0 Å². The maximum Gasteiger partial charge on any atom is 0.259 e. The number of benzene rings is 3. The van der Waals surface area contributed by atoms with Gasteiger partial charge in [0.1, 0.15) is 12.4 Å². The van der Waals surface area contributed by atoms with E-state index >= 15 is 0 Å². The standard InChI is InChI=1S/C25H24N2O3/c28-24(21-13-5-7-15-23(21)30-18-19-10-2-1-3-11-19)26-22-14-6-4-12-20(22)25(29)27-16-8-9-17-27/h1-7,10-15H,8-9,16-18H2,(H,26,28). The lowest BCUT2D eigenvalue weighted by Gasteiger charge is -2.18. The third-order valence-electron chi connectivity index (χ3n) is 5.17. The van der Waals surface area contributed by atoms with Gasteiger partial charge in [0.2, 0.25) is 0 Å². The van der Waals surface area contributed by atoms with Crippen LogP contribution >= 0.6 is 0 Å². The van der Waals surface area contributed by atoms with Crippen LogP contribution in [0.3, 0.4) is 0 Å². The van der Waals surface area contributed by atoms with Crippen LogP contribution in [-0.4, -0.2) is 29.8 Å². The van der Waals surface area contributed by atoms with E-state index in [1.54, 1.807) is 30.3 Å². The van der Waals surface area contributed by atoms with Crippen molar-refractivity contribution in [2.45, 2.75) is 19.4 Å². The number of rotatable bonds is 6. The molecule has 0 radical (unpaired) electrons. The molecule has 3 aromatic carbocycles. The molecule has 5 nitrogen and oxygen atoms in total. The SMILES string of the molecule is O=C(Nc1ccccc1C(=O)N1CCCC1)c1ccccc1OCc1ccccc1. The number of nitrogens with zero attached hydrogens (tertiary/aromatic N) is 1. The Morgan fingerprint density at radius 2 is 1.43 bits per heavy atom. The van der Waals surface area contributed by atoms with Crippen molar-refractivity contribution < 1.29 is 14.3 Å². The van der Waals surface area contributed by atoms with Crippen molar-refractivity contribution >= 4 is 17.5 Å². The van der Waals surface area contributed by atoms with E-state index in [0.29, 0.717) is 29.2 Å². The summed E-state index contributed by atoms with van der Waals surface area (Å²) in [6.45, 7) is 1.89. The summed E-state index contributed by atoms with van der Waals surface area (Å²) in [6, 6.07) is 24.1. The molecule has 30 heavy (non-hydrogen) atoms. The minimum absolute atomic E-state index is 0.0444. The highest BCUT2D eigenvalue weighted by atomic mass is 16.5. The maximum absolute atomic E-state index is 13.0. The molecule has 2 amide bonds. The van der Waals surface area contributed by atoms with Crippen LogP contribution in [0.5, 0.6) is 5.75 Å². The second-order valence-electron chi connectivity index (χ2n) is 7.27. The molecule has 152 valence electrons. The number of anilines is 1. The molecule has 0 unspecified atom stereocenters. The number of hydrogen-bond acceptors (Lipinski definition) is 3. The summed E-state index contributed by atoms with van der Waals surface area (Å²) in [4.78, 5) is 27.7. The molecule has 1 fully saturated rings. The Morgan fingerprint density at radius 1 is 0.800 bits per heavy atom. The van der Waals surface area contributed by atoms with Crippen molar-refractivity contribution in [1.29, 1.82) is 0 Å². The van der Waals surface area contributed by atoms with Crippen LogP contribution in [0, 0.1) is 0 Å². The molecular formula is C25H24N2O3. The average molecular weight is 400 g/mol. The first-order chi connectivity index (χ1) is 14.7. The topological polar surface area (TPSA) is 58.6 Å². The van der Waals surface area contributed by atoms with Gasteiger partial charge in [-0.25, -0.2) is 0 Å². The normalized spacial score (nSPS) is 13.1. The highest BCUT2D eigenvalue weighted by Gasteiger charge is 2.23. The zero-order valence-electron chi connectivity index (χ0n) is 16.7. The van der Waals surface area contributed by atoms with Crippen LogP contribution in [0.2, 0.25) is 0 Å². The third kappa shape index (κ3) is 4.51. The summed E-state index contributed by atoms with van der Waals surface area (Å²) < 4.78 is 5.91. The number of carbonyl (C=O) groups is 2. The number of amides is 2. The second kappa shape index (κ2) is 9.27. The number of ether oxygens (including phenoxy) is 1. The van der Waals surface area contributed by atoms with Crippen molar-refractivity contribution in [2.24, 2.45) is 0 Å².